The smallest absolute Gasteiger partial charge is 0.406 e. The molecule has 3 rings (SSSR count). The van der Waals surface area contributed by atoms with E-state index in [0.717, 1.165) is 41.1 Å². The van der Waals surface area contributed by atoms with Crippen LogP contribution in [0.4, 0.5) is 24.5 Å². The summed E-state index contributed by atoms with van der Waals surface area (Å²) in [5.74, 6) is -0.259. The zero-order chi connectivity index (χ0) is 27.0. The van der Waals surface area contributed by atoms with Crippen molar-refractivity contribution in [2.24, 2.45) is 5.10 Å². The van der Waals surface area contributed by atoms with Crippen LogP contribution in [0.3, 0.4) is 0 Å². The summed E-state index contributed by atoms with van der Waals surface area (Å²) in [6.45, 7) is 2.28. The number of hydrazone groups is 1. The highest BCUT2D eigenvalue weighted by atomic mass is 19.4. The van der Waals surface area contributed by atoms with Gasteiger partial charge in [-0.15, -0.1) is 18.3 Å². The van der Waals surface area contributed by atoms with Crippen LogP contribution in [-0.4, -0.2) is 36.1 Å². The molecule has 0 fully saturated rings. The molecule has 0 bridgehead atoms. The number of ether oxygens (including phenoxy) is 1. The number of amides is 2. The molecule has 0 spiro atoms. The van der Waals surface area contributed by atoms with E-state index in [1.807, 2.05) is 6.92 Å². The molecule has 12 heteroatoms. The van der Waals surface area contributed by atoms with Crippen LogP contribution in [0.25, 0.3) is 0 Å². The Morgan fingerprint density at radius 1 is 1.22 bits per heavy atom. The number of aryl methyl sites for hydroxylation is 1. The number of carbonyl (C=O) groups is 2. The molecule has 2 aromatic rings. The van der Waals surface area contributed by atoms with Crippen molar-refractivity contribution < 1.29 is 27.5 Å². The Morgan fingerprint density at radius 3 is 2.54 bits per heavy atom. The van der Waals surface area contributed by atoms with E-state index < -0.39 is 12.1 Å². The number of carbonyl (C=O) groups excluding carboxylic acids is 2. The van der Waals surface area contributed by atoms with Crippen molar-refractivity contribution in [3.63, 3.8) is 0 Å². The number of rotatable bonds is 10. The van der Waals surface area contributed by atoms with E-state index in [9.17, 15) is 27.6 Å². The molecule has 1 aliphatic rings. The summed E-state index contributed by atoms with van der Waals surface area (Å²) in [5, 5.41) is 11.0. The van der Waals surface area contributed by atoms with E-state index >= 15 is 0 Å². The van der Waals surface area contributed by atoms with Gasteiger partial charge in [0.2, 0.25) is 12.3 Å². The summed E-state index contributed by atoms with van der Waals surface area (Å²) >= 11 is 0. The quantitative estimate of drug-likeness (QED) is 0.212. The monoisotopic (exact) mass is 519 g/mol. The summed E-state index contributed by atoms with van der Waals surface area (Å²) in [4.78, 5) is 36.4. The van der Waals surface area contributed by atoms with Gasteiger partial charge in [0, 0.05) is 26.2 Å². The van der Waals surface area contributed by atoms with Crippen LogP contribution in [0.1, 0.15) is 39.0 Å². The minimum atomic E-state index is -4.83. The van der Waals surface area contributed by atoms with Gasteiger partial charge in [-0.25, -0.2) is 5.01 Å². The largest absolute Gasteiger partial charge is 0.573 e. The number of hydrogen-bond donors (Lipinski definition) is 2. The number of allylic oxidation sites excluding steroid dienone is 1. The average molecular weight is 520 g/mol. The molecule has 1 aromatic carbocycles. The first-order valence-corrected chi connectivity index (χ1v) is 11.7. The first-order chi connectivity index (χ1) is 17.6. The zero-order valence-corrected chi connectivity index (χ0v) is 20.5. The third-order valence-electron chi connectivity index (χ3n) is 5.78. The molecule has 0 saturated carbocycles. The number of amidine groups is 1. The molecule has 0 aliphatic heterocycles. The fourth-order valence-electron chi connectivity index (χ4n) is 3.90. The van der Waals surface area contributed by atoms with Gasteiger partial charge >= 0.3 is 6.36 Å². The number of aromatic nitrogens is 1. The number of hydrogen-bond acceptors (Lipinski definition) is 5. The van der Waals surface area contributed by atoms with E-state index in [2.05, 4.69) is 20.5 Å². The molecule has 1 aromatic heterocycles. The van der Waals surface area contributed by atoms with E-state index in [4.69, 9.17) is 0 Å². The van der Waals surface area contributed by atoms with Gasteiger partial charge in [0.25, 0.3) is 5.56 Å². The van der Waals surface area contributed by atoms with E-state index in [1.54, 1.807) is 25.4 Å². The van der Waals surface area contributed by atoms with Crippen LogP contribution in [-0.2, 0) is 16.1 Å². The number of nitrogens with one attached hydrogen (secondary N) is 2. The Labute approximate surface area is 211 Å². The Balaban J connectivity index is 1.89. The molecule has 1 aliphatic carbocycles. The lowest BCUT2D eigenvalue weighted by atomic mass is 10.1. The van der Waals surface area contributed by atoms with Crippen molar-refractivity contribution in [3.05, 3.63) is 64.1 Å². The molecule has 0 unspecified atom stereocenters. The Bertz CT molecular complexity index is 1240. The van der Waals surface area contributed by atoms with Crippen molar-refractivity contribution in [1.82, 2.24) is 9.88 Å². The Kier molecular flexibility index (Phi) is 9.10. The van der Waals surface area contributed by atoms with Crippen LogP contribution in [0.15, 0.2) is 63.6 Å². The van der Waals surface area contributed by atoms with E-state index in [0.29, 0.717) is 25.8 Å². The minimum absolute atomic E-state index is 0.118. The highest BCUT2D eigenvalue weighted by Gasteiger charge is 2.31. The Morgan fingerprint density at radius 2 is 1.95 bits per heavy atom. The summed E-state index contributed by atoms with van der Waals surface area (Å²) < 4.78 is 42.8. The molecular formula is C25H28F3N5O4. The fraction of sp³-hybridized carbons (Fsp3) is 0.360. The molecule has 9 nitrogen and oxygen atoms in total. The predicted molar refractivity (Wildman–Crippen MR) is 133 cm³/mol. The van der Waals surface area contributed by atoms with Crippen LogP contribution >= 0.6 is 0 Å². The highest BCUT2D eigenvalue weighted by Crippen LogP contribution is 2.29. The van der Waals surface area contributed by atoms with Crippen LogP contribution in [0.5, 0.6) is 5.75 Å². The van der Waals surface area contributed by atoms with Gasteiger partial charge in [0.1, 0.15) is 11.4 Å². The standard InChI is InChI=1S/C25H28F3N5O4/c1-17-6-3-7-20(17)23(30-21-8-4-14-32(24(21)36)15-5-9-22(35)29-2)31-33(16-34)18-10-12-19(13-11-18)37-25(26,27)28/h4,8,10-14,16H,3,5-7,9,15H2,1-2H3,(H,29,35)(H,30,31). The van der Waals surface area contributed by atoms with Crippen molar-refractivity contribution >= 4 is 29.5 Å². The molecule has 37 heavy (non-hydrogen) atoms. The predicted octanol–water partition coefficient (Wildman–Crippen LogP) is 4.16. The van der Waals surface area contributed by atoms with E-state index in [-0.39, 0.29) is 35.1 Å². The lowest BCUT2D eigenvalue weighted by Crippen LogP contribution is -2.29. The van der Waals surface area contributed by atoms with Crippen molar-refractivity contribution in [2.75, 3.05) is 17.4 Å². The van der Waals surface area contributed by atoms with Crippen molar-refractivity contribution in [1.29, 1.82) is 0 Å². The maximum Gasteiger partial charge on any atom is 0.573 e. The van der Waals surface area contributed by atoms with Gasteiger partial charge in [-0.05, 0) is 74.6 Å². The number of anilines is 2. The second-order valence-electron chi connectivity index (χ2n) is 8.37. The maximum absolute atomic E-state index is 13.1. The van der Waals surface area contributed by atoms with Crippen molar-refractivity contribution in [2.45, 2.75) is 51.9 Å². The number of nitrogens with zero attached hydrogens (tertiary/aromatic N) is 3. The van der Waals surface area contributed by atoms with Gasteiger partial charge < -0.3 is 19.9 Å². The van der Waals surface area contributed by atoms with Crippen molar-refractivity contribution in [3.8, 4) is 5.75 Å². The van der Waals surface area contributed by atoms with Crippen LogP contribution in [0, 0.1) is 0 Å². The molecule has 2 N–H and O–H groups in total. The highest BCUT2D eigenvalue weighted by molar-refractivity contribution is 6.09. The lowest BCUT2D eigenvalue weighted by molar-refractivity contribution is -0.274. The number of alkyl halides is 3. The Hall–Kier alpha value is -4.09. The van der Waals surface area contributed by atoms with Gasteiger partial charge in [0.15, 0.2) is 5.84 Å². The topological polar surface area (TPSA) is 105 Å². The normalized spacial score (nSPS) is 13.9. The first kappa shape index (κ1) is 27.5. The van der Waals surface area contributed by atoms with Crippen LogP contribution in [0.2, 0.25) is 0 Å². The number of benzene rings is 1. The summed E-state index contributed by atoms with van der Waals surface area (Å²) in [6, 6.07) is 7.98. The second kappa shape index (κ2) is 12.2. The molecule has 1 heterocycles. The molecule has 2 amide bonds. The zero-order valence-electron chi connectivity index (χ0n) is 20.5. The average Bonchev–Trinajstić information content (AvgIpc) is 3.29. The van der Waals surface area contributed by atoms with Gasteiger partial charge in [-0.3, -0.25) is 14.4 Å². The third kappa shape index (κ3) is 7.69. The SMILES string of the molecule is CNC(=O)CCCn1cccc(N/C(=N/N(C=O)c2ccc(OC(F)(F)F)cc2)C2=C(C)CCC2)c1=O. The first-order valence-electron chi connectivity index (χ1n) is 11.7. The molecule has 198 valence electrons. The third-order valence-corrected chi connectivity index (χ3v) is 5.78. The fourth-order valence-corrected chi connectivity index (χ4v) is 3.90. The summed E-state index contributed by atoms with van der Waals surface area (Å²) in [6.07, 6.45) is 0.352. The summed E-state index contributed by atoms with van der Waals surface area (Å²) in [7, 11) is 1.55. The van der Waals surface area contributed by atoms with Gasteiger partial charge in [0.05, 0.1) is 5.69 Å². The molecular weight excluding hydrogens is 491 g/mol. The maximum atomic E-state index is 13.1. The van der Waals surface area contributed by atoms with Gasteiger partial charge in [-0.2, -0.15) is 0 Å². The molecule has 0 atom stereocenters. The minimum Gasteiger partial charge on any atom is -0.406 e. The lowest BCUT2D eigenvalue weighted by Gasteiger charge is -2.18. The van der Waals surface area contributed by atoms with Gasteiger partial charge in [-0.1, -0.05) is 5.57 Å². The molecule has 0 radical (unpaired) electrons. The van der Waals surface area contributed by atoms with Crippen LogP contribution < -0.4 is 25.9 Å². The number of halogens is 3. The summed E-state index contributed by atoms with van der Waals surface area (Å²) in [5.41, 5.74) is 2.01. The molecule has 0 saturated heterocycles. The number of pyridine rings is 1. The second-order valence-corrected chi connectivity index (χ2v) is 8.37. The van der Waals surface area contributed by atoms with E-state index in [1.165, 1.54) is 16.7 Å².